The quantitative estimate of drug-likeness (QED) is 0.642. The third kappa shape index (κ3) is 1.78. The molecule has 0 bridgehead atoms. The molecular weight excluding hydrogens is 167 g/mol. The molecule has 1 nitrogen and oxygen atoms in total. The minimum absolute atomic E-state index is 0.748. The lowest BCUT2D eigenvalue weighted by Crippen LogP contribution is -2.08. The van der Waals surface area contributed by atoms with Crippen LogP contribution in [0.5, 0.6) is 0 Å². The van der Waals surface area contributed by atoms with Gasteiger partial charge in [-0.3, -0.25) is 0 Å². The van der Waals surface area contributed by atoms with Gasteiger partial charge in [0.05, 0.1) is 0 Å². The third-order valence-corrected chi connectivity index (χ3v) is 4.96. The van der Waals surface area contributed by atoms with Crippen LogP contribution < -0.4 is 5.30 Å². The molecule has 0 saturated heterocycles. The van der Waals surface area contributed by atoms with Crippen molar-refractivity contribution in [2.24, 2.45) is 0 Å². The standard InChI is InChI=1S/C10H15OP/c1-4-12(3,11)10-8-6-5-7-9(10)2/h5-8H,4H2,1-3H3. The molecule has 0 saturated carbocycles. The van der Waals surface area contributed by atoms with E-state index in [1.54, 1.807) is 0 Å². The summed E-state index contributed by atoms with van der Waals surface area (Å²) in [5.74, 6) is 0. The van der Waals surface area contributed by atoms with Gasteiger partial charge in [-0.25, -0.2) is 0 Å². The van der Waals surface area contributed by atoms with Gasteiger partial charge in [-0.15, -0.1) is 0 Å². The summed E-state index contributed by atoms with van der Waals surface area (Å²) in [5.41, 5.74) is 1.14. The molecule has 0 aliphatic carbocycles. The Hall–Kier alpha value is -0.550. The van der Waals surface area contributed by atoms with E-state index < -0.39 is 7.14 Å². The second-order valence-corrected chi connectivity index (χ2v) is 6.52. The van der Waals surface area contributed by atoms with Crippen molar-refractivity contribution in [1.82, 2.24) is 0 Å². The highest BCUT2D eigenvalue weighted by molar-refractivity contribution is 7.70. The van der Waals surface area contributed by atoms with Crippen LogP contribution in [0.3, 0.4) is 0 Å². The van der Waals surface area contributed by atoms with Gasteiger partial charge in [0.25, 0.3) is 0 Å². The lowest BCUT2D eigenvalue weighted by molar-refractivity contribution is 0.585. The van der Waals surface area contributed by atoms with E-state index in [-0.39, 0.29) is 0 Å². The van der Waals surface area contributed by atoms with Crippen LogP contribution in [0.2, 0.25) is 0 Å². The van der Waals surface area contributed by atoms with Gasteiger partial charge in [-0.2, -0.15) is 0 Å². The lowest BCUT2D eigenvalue weighted by atomic mass is 10.2. The maximum Gasteiger partial charge on any atom is 0.112 e. The van der Waals surface area contributed by atoms with Crippen molar-refractivity contribution in [3.05, 3.63) is 29.8 Å². The number of hydrogen-bond donors (Lipinski definition) is 0. The van der Waals surface area contributed by atoms with Gasteiger partial charge in [-0.05, 0) is 19.2 Å². The Morgan fingerprint density at radius 2 is 1.92 bits per heavy atom. The molecule has 0 heterocycles. The Labute approximate surface area is 74.2 Å². The van der Waals surface area contributed by atoms with Crippen LogP contribution in [0, 0.1) is 6.92 Å². The molecule has 1 aromatic carbocycles. The zero-order valence-electron chi connectivity index (χ0n) is 7.87. The molecule has 0 aromatic heterocycles. The molecule has 12 heavy (non-hydrogen) atoms. The summed E-state index contributed by atoms with van der Waals surface area (Å²) < 4.78 is 12.0. The molecule has 0 aliphatic rings. The second-order valence-electron chi connectivity index (χ2n) is 3.20. The Bertz CT molecular complexity index is 317. The Morgan fingerprint density at radius 3 is 2.42 bits per heavy atom. The fourth-order valence-electron chi connectivity index (χ4n) is 1.26. The first-order chi connectivity index (χ1) is 5.58. The molecule has 1 rings (SSSR count). The fourth-order valence-corrected chi connectivity index (χ4v) is 2.83. The zero-order valence-corrected chi connectivity index (χ0v) is 8.77. The summed E-state index contributed by atoms with van der Waals surface area (Å²) in [7, 11) is -2.06. The summed E-state index contributed by atoms with van der Waals surface area (Å²) >= 11 is 0. The zero-order chi connectivity index (χ0) is 9.19. The lowest BCUT2D eigenvalue weighted by Gasteiger charge is -2.12. The smallest absolute Gasteiger partial charge is 0.112 e. The summed E-state index contributed by atoms with van der Waals surface area (Å²) in [6.45, 7) is 5.85. The topological polar surface area (TPSA) is 17.1 Å². The van der Waals surface area contributed by atoms with Gasteiger partial charge in [0.1, 0.15) is 7.14 Å². The van der Waals surface area contributed by atoms with E-state index in [9.17, 15) is 4.57 Å². The largest absolute Gasteiger partial charge is 0.319 e. The van der Waals surface area contributed by atoms with Gasteiger partial charge in [-0.1, -0.05) is 31.2 Å². The van der Waals surface area contributed by atoms with Crippen LogP contribution in [0.25, 0.3) is 0 Å². The summed E-state index contributed by atoms with van der Waals surface area (Å²) in [6.07, 6.45) is 0.748. The Morgan fingerprint density at radius 1 is 1.33 bits per heavy atom. The number of hydrogen-bond acceptors (Lipinski definition) is 1. The third-order valence-electron chi connectivity index (χ3n) is 2.23. The molecule has 0 fully saturated rings. The molecule has 66 valence electrons. The summed E-state index contributed by atoms with van der Waals surface area (Å²) in [6, 6.07) is 7.92. The average Bonchev–Trinajstić information content (AvgIpc) is 2.05. The highest BCUT2D eigenvalue weighted by Crippen LogP contribution is 2.39. The van der Waals surface area contributed by atoms with E-state index in [4.69, 9.17) is 0 Å². The normalized spacial score (nSPS) is 15.6. The van der Waals surface area contributed by atoms with Crippen LogP contribution >= 0.6 is 7.14 Å². The number of aryl methyl sites for hydroxylation is 1. The van der Waals surface area contributed by atoms with Crippen LogP contribution in [-0.4, -0.2) is 12.8 Å². The molecule has 0 N–H and O–H groups in total. The SMILES string of the molecule is CCP(C)(=O)c1ccccc1C. The molecular formula is C10H15OP. The van der Waals surface area contributed by atoms with Crippen LogP contribution in [0.1, 0.15) is 12.5 Å². The number of benzene rings is 1. The highest BCUT2D eigenvalue weighted by atomic mass is 31.2. The minimum atomic E-state index is -2.06. The van der Waals surface area contributed by atoms with Crippen molar-refractivity contribution in [2.45, 2.75) is 13.8 Å². The van der Waals surface area contributed by atoms with Crippen molar-refractivity contribution in [2.75, 3.05) is 12.8 Å². The maximum absolute atomic E-state index is 12.0. The molecule has 0 amide bonds. The predicted molar refractivity (Wildman–Crippen MR) is 54.9 cm³/mol. The molecule has 0 aliphatic heterocycles. The molecule has 0 radical (unpaired) electrons. The predicted octanol–water partition coefficient (Wildman–Crippen LogP) is 2.63. The van der Waals surface area contributed by atoms with Crippen molar-refractivity contribution in [3.8, 4) is 0 Å². The first-order valence-corrected chi connectivity index (χ1v) is 6.54. The molecule has 1 unspecified atom stereocenters. The molecule has 1 aromatic rings. The second kappa shape index (κ2) is 3.45. The average molecular weight is 182 g/mol. The van der Waals surface area contributed by atoms with Gasteiger partial charge in [0.15, 0.2) is 0 Å². The van der Waals surface area contributed by atoms with Crippen molar-refractivity contribution in [1.29, 1.82) is 0 Å². The summed E-state index contributed by atoms with van der Waals surface area (Å²) in [5, 5.41) is 1.03. The Balaban J connectivity index is 3.20. The van der Waals surface area contributed by atoms with Gasteiger partial charge in [0.2, 0.25) is 0 Å². The van der Waals surface area contributed by atoms with Gasteiger partial charge >= 0.3 is 0 Å². The van der Waals surface area contributed by atoms with E-state index in [0.717, 1.165) is 17.0 Å². The fraction of sp³-hybridized carbons (Fsp3) is 0.400. The first kappa shape index (κ1) is 9.54. The van der Waals surface area contributed by atoms with E-state index in [1.807, 2.05) is 44.8 Å². The monoisotopic (exact) mass is 182 g/mol. The van der Waals surface area contributed by atoms with Gasteiger partial charge in [0, 0.05) is 11.5 Å². The minimum Gasteiger partial charge on any atom is -0.319 e. The Kier molecular flexibility index (Phi) is 2.74. The molecule has 1 atom stereocenters. The van der Waals surface area contributed by atoms with E-state index >= 15 is 0 Å². The van der Waals surface area contributed by atoms with E-state index in [1.165, 1.54) is 0 Å². The van der Waals surface area contributed by atoms with Gasteiger partial charge < -0.3 is 4.57 Å². The molecule has 0 spiro atoms. The van der Waals surface area contributed by atoms with Crippen LogP contribution in [-0.2, 0) is 4.57 Å². The van der Waals surface area contributed by atoms with Crippen LogP contribution in [0.4, 0.5) is 0 Å². The van der Waals surface area contributed by atoms with Crippen molar-refractivity contribution in [3.63, 3.8) is 0 Å². The molecule has 2 heteroatoms. The number of rotatable bonds is 2. The van der Waals surface area contributed by atoms with E-state index in [0.29, 0.717) is 0 Å². The first-order valence-electron chi connectivity index (χ1n) is 4.20. The van der Waals surface area contributed by atoms with Crippen molar-refractivity contribution < 1.29 is 4.57 Å². The van der Waals surface area contributed by atoms with Crippen LogP contribution in [0.15, 0.2) is 24.3 Å². The summed E-state index contributed by atoms with van der Waals surface area (Å²) in [4.78, 5) is 0. The van der Waals surface area contributed by atoms with E-state index in [2.05, 4.69) is 0 Å². The maximum atomic E-state index is 12.0. The van der Waals surface area contributed by atoms with Crippen molar-refractivity contribution >= 4 is 12.4 Å². The highest BCUT2D eigenvalue weighted by Gasteiger charge is 2.16.